The predicted molar refractivity (Wildman–Crippen MR) is 150 cm³/mol. The van der Waals surface area contributed by atoms with E-state index >= 15 is 0 Å². The molecular formula is C31H46N4. The topological polar surface area (TPSA) is 31.2 Å². The van der Waals surface area contributed by atoms with E-state index in [0.717, 1.165) is 37.3 Å². The molecule has 0 amide bonds. The van der Waals surface area contributed by atoms with Gasteiger partial charge in [0.15, 0.2) is 0 Å². The first-order valence-corrected chi connectivity index (χ1v) is 14.1. The zero-order valence-electron chi connectivity index (χ0n) is 22.0. The van der Waals surface area contributed by atoms with Crippen LogP contribution in [-0.4, -0.2) is 48.7 Å². The van der Waals surface area contributed by atoms with Crippen LogP contribution in [0.1, 0.15) is 88.2 Å². The van der Waals surface area contributed by atoms with Gasteiger partial charge in [-0.1, -0.05) is 43.8 Å². The molecule has 1 aromatic carbocycles. The third-order valence-electron chi connectivity index (χ3n) is 8.57. The maximum atomic E-state index is 4.48. The molecule has 1 aliphatic carbocycles. The fraction of sp³-hybridized carbons (Fsp3) is 0.613. The SMILES string of the molecule is C=NC(=N/C=C/CC)N1CCC(CCc2ccc(C3CCC(C(=C)N4CCCC4)CC3)cc2)CC1. The summed E-state index contributed by atoms with van der Waals surface area (Å²) in [6, 6.07) is 9.62. The Labute approximate surface area is 213 Å². The molecule has 3 fully saturated rings. The normalized spacial score (nSPS) is 24.3. The molecule has 0 bridgehead atoms. The van der Waals surface area contributed by atoms with Crippen LogP contribution in [0.2, 0.25) is 0 Å². The van der Waals surface area contributed by atoms with Gasteiger partial charge >= 0.3 is 0 Å². The summed E-state index contributed by atoms with van der Waals surface area (Å²) in [5.74, 6) is 3.02. The third-order valence-corrected chi connectivity index (χ3v) is 8.57. The van der Waals surface area contributed by atoms with Gasteiger partial charge in [0.1, 0.15) is 0 Å². The lowest BCUT2D eigenvalue weighted by molar-refractivity contribution is 0.254. The van der Waals surface area contributed by atoms with Gasteiger partial charge in [-0.25, -0.2) is 9.98 Å². The van der Waals surface area contributed by atoms with Crippen LogP contribution in [-0.2, 0) is 6.42 Å². The van der Waals surface area contributed by atoms with Crippen LogP contribution >= 0.6 is 0 Å². The standard InChI is InChI=1S/C31H46N4/c1-4-5-20-33-31(32-3)35-23-18-27(19-24-35)9-8-26-10-12-29(13-11-26)30-16-14-28(15-17-30)25(2)34-21-6-7-22-34/h5,10-13,20,27-28,30H,2-4,6-9,14-19,21-24H2,1H3/b20-5+,33-31?. The first kappa shape index (κ1) is 25.7. The summed E-state index contributed by atoms with van der Waals surface area (Å²) >= 11 is 0. The van der Waals surface area contributed by atoms with E-state index in [1.54, 1.807) is 5.56 Å². The van der Waals surface area contributed by atoms with Crippen molar-refractivity contribution >= 4 is 12.7 Å². The van der Waals surface area contributed by atoms with E-state index in [-0.39, 0.29) is 0 Å². The van der Waals surface area contributed by atoms with Crippen molar-refractivity contribution in [1.82, 2.24) is 9.80 Å². The lowest BCUT2D eigenvalue weighted by Gasteiger charge is -2.34. The number of piperidine rings is 1. The van der Waals surface area contributed by atoms with Crippen molar-refractivity contribution in [1.29, 1.82) is 0 Å². The van der Waals surface area contributed by atoms with Crippen molar-refractivity contribution in [3.05, 3.63) is 59.9 Å². The van der Waals surface area contributed by atoms with Crippen molar-refractivity contribution in [2.24, 2.45) is 21.8 Å². The maximum absolute atomic E-state index is 4.48. The molecule has 3 aliphatic rings. The van der Waals surface area contributed by atoms with Crippen LogP contribution in [0.4, 0.5) is 0 Å². The molecule has 2 aliphatic heterocycles. The molecule has 35 heavy (non-hydrogen) atoms. The lowest BCUT2D eigenvalue weighted by atomic mass is 9.77. The molecule has 0 N–H and O–H groups in total. The van der Waals surface area contributed by atoms with Gasteiger partial charge in [0.25, 0.3) is 0 Å². The summed E-state index contributed by atoms with van der Waals surface area (Å²) in [6.45, 7) is 14.8. The van der Waals surface area contributed by atoms with E-state index in [4.69, 9.17) is 0 Å². The van der Waals surface area contributed by atoms with Gasteiger partial charge in [0.05, 0.1) is 0 Å². The van der Waals surface area contributed by atoms with Gasteiger partial charge in [-0.05, 0) is 106 Å². The van der Waals surface area contributed by atoms with Gasteiger partial charge in [-0.3, -0.25) is 0 Å². The molecule has 0 radical (unpaired) electrons. The largest absolute Gasteiger partial charge is 0.375 e. The molecular weight excluding hydrogens is 428 g/mol. The van der Waals surface area contributed by atoms with E-state index in [2.05, 4.69) is 70.3 Å². The minimum Gasteiger partial charge on any atom is -0.375 e. The van der Waals surface area contributed by atoms with Crippen LogP contribution in [0.5, 0.6) is 0 Å². The molecule has 4 heteroatoms. The Balaban J connectivity index is 1.18. The third kappa shape index (κ3) is 7.08. The highest BCUT2D eigenvalue weighted by Gasteiger charge is 2.27. The molecule has 0 spiro atoms. The monoisotopic (exact) mass is 474 g/mol. The zero-order chi connectivity index (χ0) is 24.5. The van der Waals surface area contributed by atoms with Gasteiger partial charge in [0.2, 0.25) is 5.96 Å². The molecule has 0 unspecified atom stereocenters. The van der Waals surface area contributed by atoms with E-state index in [9.17, 15) is 0 Å². The van der Waals surface area contributed by atoms with Crippen LogP contribution in [0, 0.1) is 11.8 Å². The number of nitrogens with zero attached hydrogens (tertiary/aromatic N) is 4. The fourth-order valence-electron chi connectivity index (χ4n) is 6.22. The highest BCUT2D eigenvalue weighted by Crippen LogP contribution is 2.39. The highest BCUT2D eigenvalue weighted by atomic mass is 15.3. The summed E-state index contributed by atoms with van der Waals surface area (Å²) < 4.78 is 0. The zero-order valence-corrected chi connectivity index (χ0v) is 22.0. The van der Waals surface area contributed by atoms with Gasteiger partial charge in [-0.15, -0.1) is 0 Å². The average Bonchev–Trinajstić information content (AvgIpc) is 3.46. The van der Waals surface area contributed by atoms with E-state index in [1.807, 2.05) is 6.20 Å². The molecule has 2 heterocycles. The number of guanidine groups is 1. The van der Waals surface area contributed by atoms with Crippen LogP contribution in [0.3, 0.4) is 0 Å². The van der Waals surface area contributed by atoms with Crippen molar-refractivity contribution < 1.29 is 0 Å². The molecule has 0 aromatic heterocycles. The summed E-state index contributed by atoms with van der Waals surface area (Å²) in [5, 5.41) is 0. The van der Waals surface area contributed by atoms with Crippen LogP contribution in [0.15, 0.2) is 58.8 Å². The Hall–Kier alpha value is -2.36. The predicted octanol–water partition coefficient (Wildman–Crippen LogP) is 7.19. The minimum atomic E-state index is 0.715. The molecule has 1 saturated carbocycles. The molecule has 4 rings (SSSR count). The minimum absolute atomic E-state index is 0.715. The van der Waals surface area contributed by atoms with Crippen LogP contribution in [0.25, 0.3) is 0 Å². The Bertz CT molecular complexity index is 862. The summed E-state index contributed by atoms with van der Waals surface area (Å²) in [5.41, 5.74) is 4.47. The number of benzene rings is 1. The quantitative estimate of drug-likeness (QED) is 0.295. The second-order valence-electron chi connectivity index (χ2n) is 10.8. The highest BCUT2D eigenvalue weighted by molar-refractivity contribution is 5.84. The fourth-order valence-corrected chi connectivity index (χ4v) is 6.22. The van der Waals surface area contributed by atoms with Gasteiger partial charge < -0.3 is 9.80 Å². The average molecular weight is 475 g/mol. The van der Waals surface area contributed by atoms with E-state index < -0.39 is 0 Å². The van der Waals surface area contributed by atoms with Crippen molar-refractivity contribution in [3.63, 3.8) is 0 Å². The Morgan fingerprint density at radius 2 is 1.63 bits per heavy atom. The van der Waals surface area contributed by atoms with E-state index in [1.165, 1.54) is 88.6 Å². The van der Waals surface area contributed by atoms with Gasteiger partial charge in [-0.2, -0.15) is 0 Å². The summed E-state index contributed by atoms with van der Waals surface area (Å²) in [7, 11) is 0. The number of allylic oxidation sites excluding steroid dienone is 2. The maximum Gasteiger partial charge on any atom is 0.224 e. The number of aliphatic imine (C=N–C) groups is 2. The molecule has 0 atom stereocenters. The van der Waals surface area contributed by atoms with E-state index in [0.29, 0.717) is 5.92 Å². The Kier molecular flexibility index (Phi) is 9.62. The molecule has 1 aromatic rings. The Morgan fingerprint density at radius 3 is 2.26 bits per heavy atom. The molecule has 190 valence electrons. The smallest absolute Gasteiger partial charge is 0.224 e. The second kappa shape index (κ2) is 13.1. The van der Waals surface area contributed by atoms with Gasteiger partial charge in [0, 0.05) is 38.1 Å². The first-order valence-electron chi connectivity index (χ1n) is 14.1. The summed E-state index contributed by atoms with van der Waals surface area (Å²) in [4.78, 5) is 13.5. The number of hydrogen-bond acceptors (Lipinski definition) is 2. The molecule has 2 saturated heterocycles. The first-order chi connectivity index (χ1) is 17.2. The lowest BCUT2D eigenvalue weighted by Crippen LogP contribution is -2.37. The second-order valence-corrected chi connectivity index (χ2v) is 10.8. The number of hydrogen-bond donors (Lipinski definition) is 0. The number of rotatable bonds is 8. The molecule has 4 nitrogen and oxygen atoms in total. The van der Waals surface area contributed by atoms with Crippen molar-refractivity contribution in [2.75, 3.05) is 26.2 Å². The van der Waals surface area contributed by atoms with Crippen molar-refractivity contribution in [2.45, 2.75) is 83.5 Å². The summed E-state index contributed by atoms with van der Waals surface area (Å²) in [6.07, 6.45) is 17.7. The van der Waals surface area contributed by atoms with Crippen LogP contribution < -0.4 is 0 Å². The number of aryl methyl sites for hydroxylation is 1. The van der Waals surface area contributed by atoms with Crippen molar-refractivity contribution in [3.8, 4) is 0 Å². The Morgan fingerprint density at radius 1 is 0.943 bits per heavy atom. The number of likely N-dealkylation sites (tertiary alicyclic amines) is 2.